The fourth-order valence-corrected chi connectivity index (χ4v) is 3.58. The van der Waals surface area contributed by atoms with Crippen molar-refractivity contribution in [2.24, 2.45) is 0 Å². The summed E-state index contributed by atoms with van der Waals surface area (Å²) in [7, 11) is 0. The van der Waals surface area contributed by atoms with Crippen molar-refractivity contribution in [2.75, 3.05) is 6.54 Å². The highest BCUT2D eigenvalue weighted by atomic mass is 16.1. The van der Waals surface area contributed by atoms with Crippen LogP contribution in [0.3, 0.4) is 0 Å². The summed E-state index contributed by atoms with van der Waals surface area (Å²) in [5, 5.41) is 11.2. The van der Waals surface area contributed by atoms with Gasteiger partial charge in [0.05, 0.1) is 23.1 Å². The van der Waals surface area contributed by atoms with Crippen molar-refractivity contribution in [1.29, 1.82) is 0 Å². The number of carbonyl (C=O) groups excluding carboxylic acids is 1. The molecular formula is C19H24N4O. The number of amides is 1. The third-order valence-corrected chi connectivity index (χ3v) is 4.97. The summed E-state index contributed by atoms with van der Waals surface area (Å²) in [6.07, 6.45) is 5.99. The molecule has 2 aromatic rings. The molecule has 2 N–H and O–H groups in total. The quantitative estimate of drug-likeness (QED) is 0.909. The van der Waals surface area contributed by atoms with E-state index in [0.717, 1.165) is 49.2 Å². The van der Waals surface area contributed by atoms with Crippen molar-refractivity contribution >= 4 is 5.91 Å². The number of hydrogen-bond donors (Lipinski definition) is 2. The number of hydrogen-bond acceptors (Lipinski definition) is 3. The van der Waals surface area contributed by atoms with E-state index in [1.54, 1.807) is 6.20 Å². The Kier molecular flexibility index (Phi) is 4.10. The standard InChI is InChI=1S/C19H24N4O/c1-13-11-15(9-10-20-13)22-19(24)17-12-21-23(18(17)14-7-8-14)16-5-3-2-4-6-16/h2-6,12-15,20H,7-11H2,1H3,(H,22,24). The molecule has 126 valence electrons. The number of rotatable bonds is 4. The van der Waals surface area contributed by atoms with Crippen LogP contribution >= 0.6 is 0 Å². The molecule has 1 amide bonds. The third-order valence-electron chi connectivity index (χ3n) is 4.97. The van der Waals surface area contributed by atoms with E-state index in [2.05, 4.69) is 22.7 Å². The first-order valence-corrected chi connectivity index (χ1v) is 8.90. The summed E-state index contributed by atoms with van der Waals surface area (Å²) >= 11 is 0. The van der Waals surface area contributed by atoms with Gasteiger partial charge in [0.25, 0.3) is 5.91 Å². The molecule has 24 heavy (non-hydrogen) atoms. The first-order valence-electron chi connectivity index (χ1n) is 8.90. The molecule has 2 heterocycles. The van der Waals surface area contributed by atoms with Crippen LogP contribution in [0.1, 0.15) is 54.6 Å². The molecule has 2 atom stereocenters. The zero-order valence-corrected chi connectivity index (χ0v) is 14.0. The maximum absolute atomic E-state index is 12.8. The molecule has 1 aliphatic heterocycles. The van der Waals surface area contributed by atoms with Crippen molar-refractivity contribution in [1.82, 2.24) is 20.4 Å². The van der Waals surface area contributed by atoms with Gasteiger partial charge in [-0.3, -0.25) is 4.79 Å². The lowest BCUT2D eigenvalue weighted by atomic mass is 10.00. The molecule has 2 unspecified atom stereocenters. The van der Waals surface area contributed by atoms with Crippen LogP contribution < -0.4 is 10.6 Å². The topological polar surface area (TPSA) is 59.0 Å². The molecule has 1 aliphatic carbocycles. The Morgan fingerprint density at radius 1 is 1.25 bits per heavy atom. The van der Waals surface area contributed by atoms with E-state index in [9.17, 15) is 4.79 Å². The molecule has 0 radical (unpaired) electrons. The number of nitrogens with one attached hydrogen (secondary N) is 2. The second-order valence-corrected chi connectivity index (χ2v) is 7.02. The van der Waals surface area contributed by atoms with Crippen molar-refractivity contribution in [3.8, 4) is 5.69 Å². The maximum Gasteiger partial charge on any atom is 0.255 e. The Morgan fingerprint density at radius 2 is 2.04 bits per heavy atom. The predicted octanol–water partition coefficient (Wildman–Crippen LogP) is 2.62. The Bertz CT molecular complexity index is 720. The Balaban J connectivity index is 1.59. The first kappa shape index (κ1) is 15.4. The zero-order chi connectivity index (χ0) is 16.5. The van der Waals surface area contributed by atoms with Gasteiger partial charge >= 0.3 is 0 Å². The van der Waals surface area contributed by atoms with E-state index >= 15 is 0 Å². The largest absolute Gasteiger partial charge is 0.349 e. The van der Waals surface area contributed by atoms with Gasteiger partial charge in [-0.1, -0.05) is 18.2 Å². The maximum atomic E-state index is 12.8. The molecule has 5 heteroatoms. The Morgan fingerprint density at radius 3 is 2.75 bits per heavy atom. The highest BCUT2D eigenvalue weighted by Gasteiger charge is 2.33. The Hall–Kier alpha value is -2.14. The molecule has 0 spiro atoms. The van der Waals surface area contributed by atoms with Crippen molar-refractivity contribution in [3.05, 3.63) is 47.8 Å². The van der Waals surface area contributed by atoms with Crippen LogP contribution in [-0.2, 0) is 0 Å². The van der Waals surface area contributed by atoms with E-state index < -0.39 is 0 Å². The second kappa shape index (κ2) is 6.40. The van der Waals surface area contributed by atoms with Crippen LogP contribution in [0.5, 0.6) is 0 Å². The molecule has 4 rings (SSSR count). The van der Waals surface area contributed by atoms with E-state index in [0.29, 0.717) is 12.0 Å². The molecule has 1 aromatic carbocycles. The summed E-state index contributed by atoms with van der Waals surface area (Å²) in [4.78, 5) is 12.8. The fourth-order valence-electron chi connectivity index (χ4n) is 3.58. The van der Waals surface area contributed by atoms with Gasteiger partial charge in [0, 0.05) is 18.0 Å². The molecule has 1 saturated carbocycles. The van der Waals surface area contributed by atoms with Crippen LogP contribution in [0.4, 0.5) is 0 Å². The number of benzene rings is 1. The van der Waals surface area contributed by atoms with Crippen molar-refractivity contribution < 1.29 is 4.79 Å². The summed E-state index contributed by atoms with van der Waals surface area (Å²) < 4.78 is 1.94. The molecule has 1 aromatic heterocycles. The van der Waals surface area contributed by atoms with Crippen molar-refractivity contribution in [3.63, 3.8) is 0 Å². The van der Waals surface area contributed by atoms with E-state index in [-0.39, 0.29) is 11.9 Å². The van der Waals surface area contributed by atoms with Gasteiger partial charge in [0.1, 0.15) is 0 Å². The lowest BCUT2D eigenvalue weighted by Gasteiger charge is -2.28. The minimum Gasteiger partial charge on any atom is -0.349 e. The van der Waals surface area contributed by atoms with Gasteiger partial charge in [0.15, 0.2) is 0 Å². The highest BCUT2D eigenvalue weighted by molar-refractivity contribution is 5.95. The number of aromatic nitrogens is 2. The molecule has 2 fully saturated rings. The van der Waals surface area contributed by atoms with Gasteiger partial charge in [-0.2, -0.15) is 5.10 Å². The van der Waals surface area contributed by atoms with E-state index in [4.69, 9.17) is 0 Å². The number of para-hydroxylation sites is 1. The smallest absolute Gasteiger partial charge is 0.255 e. The average molecular weight is 324 g/mol. The molecular weight excluding hydrogens is 300 g/mol. The van der Waals surface area contributed by atoms with Crippen LogP contribution in [-0.4, -0.2) is 34.3 Å². The van der Waals surface area contributed by atoms with Gasteiger partial charge < -0.3 is 10.6 Å². The van der Waals surface area contributed by atoms with Gasteiger partial charge in [0.2, 0.25) is 0 Å². The fraction of sp³-hybridized carbons (Fsp3) is 0.474. The SMILES string of the molecule is CC1CC(NC(=O)c2cnn(-c3ccccc3)c2C2CC2)CCN1. The van der Waals surface area contributed by atoms with E-state index in [1.165, 1.54) is 0 Å². The summed E-state index contributed by atoms with van der Waals surface area (Å²) in [5.41, 5.74) is 2.84. The summed E-state index contributed by atoms with van der Waals surface area (Å²) in [5.74, 6) is 0.485. The highest BCUT2D eigenvalue weighted by Crippen LogP contribution is 2.42. The lowest BCUT2D eigenvalue weighted by Crippen LogP contribution is -2.46. The minimum atomic E-state index is 0.0261. The van der Waals surface area contributed by atoms with Gasteiger partial charge in [-0.05, 0) is 51.3 Å². The van der Waals surface area contributed by atoms with Crippen LogP contribution in [0.15, 0.2) is 36.5 Å². The van der Waals surface area contributed by atoms with E-state index in [1.807, 2.05) is 35.0 Å². The molecule has 1 saturated heterocycles. The van der Waals surface area contributed by atoms with Crippen LogP contribution in [0, 0.1) is 0 Å². The monoisotopic (exact) mass is 324 g/mol. The third kappa shape index (κ3) is 3.08. The molecule has 0 bridgehead atoms. The molecule has 5 nitrogen and oxygen atoms in total. The zero-order valence-electron chi connectivity index (χ0n) is 14.0. The lowest BCUT2D eigenvalue weighted by molar-refractivity contribution is 0.0924. The summed E-state index contributed by atoms with van der Waals surface area (Å²) in [6.45, 7) is 3.13. The van der Waals surface area contributed by atoms with Gasteiger partial charge in [-0.25, -0.2) is 4.68 Å². The van der Waals surface area contributed by atoms with Crippen LogP contribution in [0.25, 0.3) is 5.69 Å². The number of nitrogens with zero attached hydrogens (tertiary/aromatic N) is 2. The molecule has 2 aliphatic rings. The number of piperidine rings is 1. The average Bonchev–Trinajstić information content (AvgIpc) is 3.33. The van der Waals surface area contributed by atoms with Crippen LogP contribution in [0.2, 0.25) is 0 Å². The predicted molar refractivity (Wildman–Crippen MR) is 93.5 cm³/mol. The van der Waals surface area contributed by atoms with Gasteiger partial charge in [-0.15, -0.1) is 0 Å². The first-order chi connectivity index (χ1) is 11.7. The Labute approximate surface area is 142 Å². The normalized spacial score (nSPS) is 23.9. The van der Waals surface area contributed by atoms with Crippen molar-refractivity contribution in [2.45, 2.75) is 50.6 Å². The minimum absolute atomic E-state index is 0.0261. The summed E-state index contributed by atoms with van der Waals surface area (Å²) in [6, 6.07) is 10.8. The number of carbonyl (C=O) groups is 1. The second-order valence-electron chi connectivity index (χ2n) is 7.02.